The number of hydrogen-bond acceptors (Lipinski definition) is 3. The van der Waals surface area contributed by atoms with E-state index in [1.165, 1.54) is 0 Å². The van der Waals surface area contributed by atoms with Gasteiger partial charge in [0.2, 0.25) is 5.91 Å². The molecule has 1 amide bonds. The third-order valence-corrected chi connectivity index (χ3v) is 3.62. The summed E-state index contributed by atoms with van der Waals surface area (Å²) in [7, 11) is 0. The van der Waals surface area contributed by atoms with Crippen molar-refractivity contribution < 1.29 is 14.3 Å². The summed E-state index contributed by atoms with van der Waals surface area (Å²) in [6, 6.07) is 15.6. The van der Waals surface area contributed by atoms with Crippen molar-refractivity contribution in [1.29, 1.82) is 0 Å². The minimum atomic E-state index is 0.0838. The summed E-state index contributed by atoms with van der Waals surface area (Å²) in [6.45, 7) is 3.52. The molecule has 0 saturated heterocycles. The van der Waals surface area contributed by atoms with E-state index in [-0.39, 0.29) is 5.91 Å². The molecule has 4 nitrogen and oxygen atoms in total. The maximum absolute atomic E-state index is 12.3. The highest BCUT2D eigenvalue weighted by Gasteiger charge is 2.18. The lowest BCUT2D eigenvalue weighted by atomic mass is 10.1. The van der Waals surface area contributed by atoms with Crippen LogP contribution in [0.4, 0.5) is 5.69 Å². The quantitative estimate of drug-likeness (QED) is 0.868. The van der Waals surface area contributed by atoms with Crippen molar-refractivity contribution in [2.24, 2.45) is 0 Å². The van der Waals surface area contributed by atoms with Crippen LogP contribution < -0.4 is 14.4 Å². The Morgan fingerprint density at radius 3 is 2.50 bits per heavy atom. The second-order valence-electron chi connectivity index (χ2n) is 5.15. The summed E-state index contributed by atoms with van der Waals surface area (Å²) in [4.78, 5) is 14.1. The molecule has 0 radical (unpaired) electrons. The highest BCUT2D eigenvalue weighted by atomic mass is 16.6. The number of fused-ring (bicyclic) bond motifs is 1. The monoisotopic (exact) mass is 297 g/mol. The summed E-state index contributed by atoms with van der Waals surface area (Å²) in [5.41, 5.74) is 1.93. The molecule has 2 aromatic carbocycles. The van der Waals surface area contributed by atoms with Gasteiger partial charge in [-0.15, -0.1) is 0 Å². The molecule has 0 unspecified atom stereocenters. The van der Waals surface area contributed by atoms with Crippen LogP contribution in [0.3, 0.4) is 0 Å². The molecule has 0 N–H and O–H groups in total. The molecule has 22 heavy (non-hydrogen) atoms. The lowest BCUT2D eigenvalue weighted by Crippen LogP contribution is -2.29. The van der Waals surface area contributed by atoms with Gasteiger partial charge < -0.3 is 14.4 Å². The number of benzene rings is 2. The zero-order chi connectivity index (χ0) is 15.4. The van der Waals surface area contributed by atoms with E-state index in [2.05, 4.69) is 0 Å². The van der Waals surface area contributed by atoms with E-state index in [0.29, 0.717) is 31.9 Å². The van der Waals surface area contributed by atoms with Gasteiger partial charge >= 0.3 is 0 Å². The normalized spacial score (nSPS) is 12.8. The van der Waals surface area contributed by atoms with Crippen LogP contribution in [0.1, 0.15) is 18.9 Å². The van der Waals surface area contributed by atoms with Gasteiger partial charge in [-0.3, -0.25) is 4.79 Å². The first kappa shape index (κ1) is 14.4. The molecule has 1 aliphatic rings. The topological polar surface area (TPSA) is 38.8 Å². The Bertz CT molecular complexity index is 655. The van der Waals surface area contributed by atoms with Gasteiger partial charge in [0, 0.05) is 18.2 Å². The first-order chi connectivity index (χ1) is 10.8. The molecule has 0 atom stereocenters. The number of amides is 1. The Morgan fingerprint density at radius 1 is 1.05 bits per heavy atom. The standard InChI is InChI=1S/C18H19NO3/c1-2-18(20)19(13-14-6-4-3-5-7-14)15-8-9-16-17(12-15)22-11-10-21-16/h3-9,12H,2,10-11,13H2,1H3. The minimum absolute atomic E-state index is 0.0838. The Labute approximate surface area is 130 Å². The number of nitrogens with zero attached hydrogens (tertiary/aromatic N) is 1. The van der Waals surface area contributed by atoms with Crippen LogP contribution in [0.25, 0.3) is 0 Å². The van der Waals surface area contributed by atoms with Gasteiger partial charge in [0.1, 0.15) is 13.2 Å². The van der Waals surface area contributed by atoms with Crippen molar-refractivity contribution >= 4 is 11.6 Å². The maximum atomic E-state index is 12.3. The SMILES string of the molecule is CCC(=O)N(Cc1ccccc1)c1ccc2c(c1)OCCO2. The van der Waals surface area contributed by atoms with Crippen LogP contribution in [0.2, 0.25) is 0 Å². The molecule has 0 aromatic heterocycles. The van der Waals surface area contributed by atoms with Crippen molar-refractivity contribution in [1.82, 2.24) is 0 Å². The van der Waals surface area contributed by atoms with Gasteiger partial charge in [0.25, 0.3) is 0 Å². The van der Waals surface area contributed by atoms with Gasteiger partial charge in [0.05, 0.1) is 6.54 Å². The molecule has 1 heterocycles. The van der Waals surface area contributed by atoms with E-state index in [1.807, 2.05) is 55.5 Å². The number of anilines is 1. The van der Waals surface area contributed by atoms with E-state index >= 15 is 0 Å². The first-order valence-corrected chi connectivity index (χ1v) is 7.52. The zero-order valence-electron chi connectivity index (χ0n) is 12.6. The molecule has 2 aromatic rings. The predicted molar refractivity (Wildman–Crippen MR) is 85.4 cm³/mol. The Morgan fingerprint density at radius 2 is 1.77 bits per heavy atom. The van der Waals surface area contributed by atoms with E-state index in [4.69, 9.17) is 9.47 Å². The summed E-state index contributed by atoms with van der Waals surface area (Å²) < 4.78 is 11.1. The summed E-state index contributed by atoms with van der Waals surface area (Å²) in [5, 5.41) is 0. The van der Waals surface area contributed by atoms with Gasteiger partial charge in [-0.1, -0.05) is 37.3 Å². The van der Waals surface area contributed by atoms with Crippen molar-refractivity contribution in [2.75, 3.05) is 18.1 Å². The molecule has 0 saturated carbocycles. The van der Waals surface area contributed by atoms with E-state index < -0.39 is 0 Å². The third kappa shape index (κ3) is 3.06. The predicted octanol–water partition coefficient (Wildman–Crippen LogP) is 3.40. The van der Waals surface area contributed by atoms with Gasteiger partial charge in [0.15, 0.2) is 11.5 Å². The van der Waals surface area contributed by atoms with Crippen molar-refractivity contribution in [2.45, 2.75) is 19.9 Å². The maximum Gasteiger partial charge on any atom is 0.227 e. The van der Waals surface area contributed by atoms with Crippen LogP contribution in [0.5, 0.6) is 11.5 Å². The van der Waals surface area contributed by atoms with Gasteiger partial charge in [-0.05, 0) is 17.7 Å². The Kier molecular flexibility index (Phi) is 4.28. The van der Waals surface area contributed by atoms with Crippen LogP contribution in [0, 0.1) is 0 Å². The summed E-state index contributed by atoms with van der Waals surface area (Å²) >= 11 is 0. The Balaban J connectivity index is 1.90. The van der Waals surface area contributed by atoms with E-state index in [9.17, 15) is 4.79 Å². The molecule has 0 spiro atoms. The van der Waals surface area contributed by atoms with E-state index in [0.717, 1.165) is 17.0 Å². The van der Waals surface area contributed by atoms with Gasteiger partial charge in [-0.2, -0.15) is 0 Å². The number of carbonyl (C=O) groups is 1. The molecule has 114 valence electrons. The largest absolute Gasteiger partial charge is 0.486 e. The van der Waals surface area contributed by atoms with Gasteiger partial charge in [-0.25, -0.2) is 0 Å². The minimum Gasteiger partial charge on any atom is -0.486 e. The average molecular weight is 297 g/mol. The average Bonchev–Trinajstić information content (AvgIpc) is 2.59. The van der Waals surface area contributed by atoms with Crippen LogP contribution in [0.15, 0.2) is 48.5 Å². The molecule has 0 bridgehead atoms. The molecule has 4 heteroatoms. The van der Waals surface area contributed by atoms with E-state index in [1.54, 1.807) is 4.90 Å². The highest BCUT2D eigenvalue weighted by molar-refractivity contribution is 5.93. The fraction of sp³-hybridized carbons (Fsp3) is 0.278. The smallest absolute Gasteiger partial charge is 0.227 e. The van der Waals surface area contributed by atoms with Crippen molar-refractivity contribution in [3.63, 3.8) is 0 Å². The molecule has 3 rings (SSSR count). The summed E-state index contributed by atoms with van der Waals surface area (Å²) in [5.74, 6) is 1.52. The second kappa shape index (κ2) is 6.52. The third-order valence-electron chi connectivity index (χ3n) is 3.62. The van der Waals surface area contributed by atoms with Crippen LogP contribution in [-0.4, -0.2) is 19.1 Å². The highest BCUT2D eigenvalue weighted by Crippen LogP contribution is 2.34. The van der Waals surface area contributed by atoms with Crippen molar-refractivity contribution in [3.05, 3.63) is 54.1 Å². The Hall–Kier alpha value is -2.49. The zero-order valence-corrected chi connectivity index (χ0v) is 12.6. The summed E-state index contributed by atoms with van der Waals surface area (Å²) in [6.07, 6.45) is 0.460. The fourth-order valence-electron chi connectivity index (χ4n) is 2.48. The molecule has 1 aliphatic heterocycles. The lowest BCUT2D eigenvalue weighted by molar-refractivity contribution is -0.118. The second-order valence-corrected chi connectivity index (χ2v) is 5.15. The van der Waals surface area contributed by atoms with Crippen LogP contribution in [-0.2, 0) is 11.3 Å². The number of ether oxygens (including phenoxy) is 2. The first-order valence-electron chi connectivity index (χ1n) is 7.52. The molecular weight excluding hydrogens is 278 g/mol. The van der Waals surface area contributed by atoms with Crippen molar-refractivity contribution in [3.8, 4) is 11.5 Å². The molecule has 0 aliphatic carbocycles. The number of carbonyl (C=O) groups excluding carboxylic acids is 1. The fourth-order valence-corrected chi connectivity index (χ4v) is 2.48. The molecular formula is C18H19NO3. The van der Waals surface area contributed by atoms with Crippen LogP contribution >= 0.6 is 0 Å². The number of rotatable bonds is 4. The lowest BCUT2D eigenvalue weighted by Gasteiger charge is -2.25. The molecule has 0 fully saturated rings. The number of hydrogen-bond donors (Lipinski definition) is 0.